The highest BCUT2D eigenvalue weighted by atomic mass is 16.5. The van der Waals surface area contributed by atoms with Gasteiger partial charge in [0.2, 0.25) is 0 Å². The van der Waals surface area contributed by atoms with Gasteiger partial charge in [-0.15, -0.1) is 0 Å². The summed E-state index contributed by atoms with van der Waals surface area (Å²) in [5.41, 5.74) is 0.938. The van der Waals surface area contributed by atoms with Crippen LogP contribution >= 0.6 is 0 Å². The van der Waals surface area contributed by atoms with E-state index in [2.05, 4.69) is 4.90 Å². The summed E-state index contributed by atoms with van der Waals surface area (Å²) in [4.78, 5) is 2.30. The zero-order valence-electron chi connectivity index (χ0n) is 10.2. The number of phenols is 1. The summed E-state index contributed by atoms with van der Waals surface area (Å²) in [6, 6.07) is 5.45. The molecule has 0 aliphatic carbocycles. The van der Waals surface area contributed by atoms with Gasteiger partial charge >= 0.3 is 0 Å². The topological polar surface area (TPSA) is 41.9 Å². The number of ether oxygens (including phenoxy) is 2. The molecule has 0 amide bonds. The molecule has 1 saturated heterocycles. The van der Waals surface area contributed by atoms with E-state index < -0.39 is 0 Å². The van der Waals surface area contributed by atoms with Crippen LogP contribution in [0.15, 0.2) is 18.2 Å². The summed E-state index contributed by atoms with van der Waals surface area (Å²) < 4.78 is 10.5. The smallest absolute Gasteiger partial charge is 0.123 e. The molecule has 0 bridgehead atoms. The number of benzene rings is 1. The van der Waals surface area contributed by atoms with Crippen LogP contribution in [0.3, 0.4) is 0 Å². The minimum Gasteiger partial charge on any atom is -0.507 e. The lowest BCUT2D eigenvalue weighted by Gasteiger charge is -2.19. The standard InChI is InChI=1S/C13H19NO3/c1-16-12-4-3-11(13(15)9-12)10-14-5-2-7-17-8-6-14/h3-4,9,15H,2,5-8,10H2,1H3. The van der Waals surface area contributed by atoms with E-state index in [1.165, 1.54) is 0 Å². The maximum absolute atomic E-state index is 9.89. The molecule has 17 heavy (non-hydrogen) atoms. The molecule has 1 aliphatic rings. The van der Waals surface area contributed by atoms with Crippen molar-refractivity contribution in [3.8, 4) is 11.5 Å². The second-order valence-corrected chi connectivity index (χ2v) is 4.24. The van der Waals surface area contributed by atoms with Crippen molar-refractivity contribution in [2.24, 2.45) is 0 Å². The molecular weight excluding hydrogens is 218 g/mol. The first-order valence-electron chi connectivity index (χ1n) is 5.95. The van der Waals surface area contributed by atoms with E-state index in [9.17, 15) is 5.11 Å². The Morgan fingerprint density at radius 2 is 2.24 bits per heavy atom. The van der Waals surface area contributed by atoms with Gasteiger partial charge in [0.05, 0.1) is 13.7 Å². The van der Waals surface area contributed by atoms with E-state index in [0.29, 0.717) is 11.5 Å². The number of phenolic OH excluding ortho intramolecular Hbond substituents is 1. The van der Waals surface area contributed by atoms with Crippen molar-refractivity contribution in [3.63, 3.8) is 0 Å². The van der Waals surface area contributed by atoms with Crippen LogP contribution in [-0.4, -0.2) is 43.4 Å². The Hall–Kier alpha value is -1.26. The molecular formula is C13H19NO3. The van der Waals surface area contributed by atoms with Gasteiger partial charge in [0.15, 0.2) is 0 Å². The zero-order valence-corrected chi connectivity index (χ0v) is 10.2. The van der Waals surface area contributed by atoms with Gasteiger partial charge in [0.25, 0.3) is 0 Å². The number of hydrogen-bond acceptors (Lipinski definition) is 4. The molecule has 0 spiro atoms. The lowest BCUT2D eigenvalue weighted by Crippen LogP contribution is -2.25. The van der Waals surface area contributed by atoms with Crippen LogP contribution in [-0.2, 0) is 11.3 Å². The fraction of sp³-hybridized carbons (Fsp3) is 0.538. The van der Waals surface area contributed by atoms with E-state index in [-0.39, 0.29) is 0 Å². The van der Waals surface area contributed by atoms with E-state index >= 15 is 0 Å². The molecule has 0 atom stereocenters. The number of rotatable bonds is 3. The average molecular weight is 237 g/mol. The summed E-state index contributed by atoms with van der Waals surface area (Å²) in [7, 11) is 1.60. The largest absolute Gasteiger partial charge is 0.507 e. The van der Waals surface area contributed by atoms with E-state index in [4.69, 9.17) is 9.47 Å². The Balaban J connectivity index is 2.01. The van der Waals surface area contributed by atoms with Crippen molar-refractivity contribution >= 4 is 0 Å². The summed E-state index contributed by atoms with van der Waals surface area (Å²) in [5, 5.41) is 9.89. The molecule has 1 aromatic rings. The highest BCUT2D eigenvalue weighted by Gasteiger charge is 2.12. The maximum atomic E-state index is 9.89. The molecule has 0 saturated carbocycles. The van der Waals surface area contributed by atoms with Crippen molar-refractivity contribution in [1.82, 2.24) is 4.90 Å². The lowest BCUT2D eigenvalue weighted by atomic mass is 10.1. The third kappa shape index (κ3) is 3.35. The molecule has 4 heteroatoms. The van der Waals surface area contributed by atoms with E-state index in [1.807, 2.05) is 12.1 Å². The lowest BCUT2D eigenvalue weighted by molar-refractivity contribution is 0.140. The quantitative estimate of drug-likeness (QED) is 0.867. The Labute approximate surface area is 102 Å². The summed E-state index contributed by atoms with van der Waals surface area (Å²) in [6.45, 7) is 4.32. The molecule has 2 rings (SSSR count). The van der Waals surface area contributed by atoms with Crippen molar-refractivity contribution in [3.05, 3.63) is 23.8 Å². The van der Waals surface area contributed by atoms with Crippen LogP contribution in [0.4, 0.5) is 0 Å². The Bertz CT molecular complexity index is 360. The van der Waals surface area contributed by atoms with Crippen molar-refractivity contribution < 1.29 is 14.6 Å². The number of methoxy groups -OCH3 is 1. The highest BCUT2D eigenvalue weighted by Crippen LogP contribution is 2.24. The fourth-order valence-corrected chi connectivity index (χ4v) is 2.00. The van der Waals surface area contributed by atoms with Crippen LogP contribution < -0.4 is 4.74 Å². The van der Waals surface area contributed by atoms with Gasteiger partial charge in [-0.05, 0) is 12.5 Å². The molecule has 94 valence electrons. The third-order valence-corrected chi connectivity index (χ3v) is 3.00. The van der Waals surface area contributed by atoms with Crippen molar-refractivity contribution in [1.29, 1.82) is 0 Å². The molecule has 1 aromatic carbocycles. The molecule has 1 heterocycles. The monoisotopic (exact) mass is 237 g/mol. The van der Waals surface area contributed by atoms with Gasteiger partial charge in [-0.2, -0.15) is 0 Å². The van der Waals surface area contributed by atoms with Crippen LogP contribution in [0.1, 0.15) is 12.0 Å². The second-order valence-electron chi connectivity index (χ2n) is 4.24. The van der Waals surface area contributed by atoms with Crippen LogP contribution in [0.5, 0.6) is 11.5 Å². The van der Waals surface area contributed by atoms with Gasteiger partial charge in [0, 0.05) is 37.9 Å². The molecule has 0 aromatic heterocycles. The first-order chi connectivity index (χ1) is 8.29. The predicted molar refractivity (Wildman–Crippen MR) is 65.4 cm³/mol. The van der Waals surface area contributed by atoms with Gasteiger partial charge in [-0.1, -0.05) is 6.07 Å². The Morgan fingerprint density at radius 1 is 1.35 bits per heavy atom. The molecule has 0 radical (unpaired) electrons. The molecule has 4 nitrogen and oxygen atoms in total. The SMILES string of the molecule is COc1ccc(CN2CCCOCC2)c(O)c1. The normalized spacial score (nSPS) is 17.7. The first-order valence-corrected chi connectivity index (χ1v) is 5.95. The van der Waals surface area contributed by atoms with Crippen LogP contribution in [0.2, 0.25) is 0 Å². The maximum Gasteiger partial charge on any atom is 0.123 e. The molecule has 1 aliphatic heterocycles. The van der Waals surface area contributed by atoms with Crippen LogP contribution in [0, 0.1) is 0 Å². The summed E-state index contributed by atoms with van der Waals surface area (Å²) in [6.07, 6.45) is 1.05. The Morgan fingerprint density at radius 3 is 3.00 bits per heavy atom. The summed E-state index contributed by atoms with van der Waals surface area (Å²) >= 11 is 0. The van der Waals surface area contributed by atoms with E-state index in [0.717, 1.165) is 44.8 Å². The van der Waals surface area contributed by atoms with Crippen molar-refractivity contribution in [2.45, 2.75) is 13.0 Å². The Kier molecular flexibility index (Phi) is 4.23. The zero-order chi connectivity index (χ0) is 12.1. The van der Waals surface area contributed by atoms with Crippen molar-refractivity contribution in [2.75, 3.05) is 33.4 Å². The number of aromatic hydroxyl groups is 1. The van der Waals surface area contributed by atoms with Gasteiger partial charge < -0.3 is 14.6 Å². The van der Waals surface area contributed by atoms with Gasteiger partial charge in [-0.3, -0.25) is 4.90 Å². The minimum atomic E-state index is 0.300. The van der Waals surface area contributed by atoms with Crippen LogP contribution in [0.25, 0.3) is 0 Å². The fourth-order valence-electron chi connectivity index (χ4n) is 2.00. The van der Waals surface area contributed by atoms with Gasteiger partial charge in [0.1, 0.15) is 11.5 Å². The second kappa shape index (κ2) is 5.89. The van der Waals surface area contributed by atoms with E-state index in [1.54, 1.807) is 13.2 Å². The molecule has 1 fully saturated rings. The highest BCUT2D eigenvalue weighted by molar-refractivity contribution is 5.39. The first kappa shape index (κ1) is 12.2. The number of hydrogen-bond donors (Lipinski definition) is 1. The summed E-state index contributed by atoms with van der Waals surface area (Å²) in [5.74, 6) is 0.986. The van der Waals surface area contributed by atoms with Gasteiger partial charge in [-0.25, -0.2) is 0 Å². The third-order valence-electron chi connectivity index (χ3n) is 3.00. The minimum absolute atomic E-state index is 0.300. The number of nitrogens with zero attached hydrogens (tertiary/aromatic N) is 1. The molecule has 1 N–H and O–H groups in total. The molecule has 0 unspecified atom stereocenters. The average Bonchev–Trinajstić information content (AvgIpc) is 2.60. The predicted octanol–water partition coefficient (Wildman–Crippen LogP) is 1.62.